The van der Waals surface area contributed by atoms with Gasteiger partial charge in [0.05, 0.1) is 12.7 Å². The molecule has 0 aromatic rings. The molecule has 0 amide bonds. The summed E-state index contributed by atoms with van der Waals surface area (Å²) >= 11 is 0. The highest BCUT2D eigenvalue weighted by molar-refractivity contribution is 5.00. The van der Waals surface area contributed by atoms with E-state index in [1.54, 1.807) is 12.2 Å². The fourth-order valence-corrected chi connectivity index (χ4v) is 3.30. The van der Waals surface area contributed by atoms with Crippen LogP contribution < -0.4 is 0 Å². The van der Waals surface area contributed by atoms with Crippen LogP contribution in [0.5, 0.6) is 0 Å². The molecule has 1 fully saturated rings. The third kappa shape index (κ3) is 3.82. The largest absolute Gasteiger partial charge is 0.394 e. The van der Waals surface area contributed by atoms with Gasteiger partial charge in [-0.25, -0.2) is 0 Å². The maximum absolute atomic E-state index is 9.65. The van der Waals surface area contributed by atoms with Crippen LogP contribution in [0.15, 0.2) is 12.2 Å². The molecule has 0 aromatic heterocycles. The lowest BCUT2D eigenvalue weighted by atomic mass is 9.75. The van der Waals surface area contributed by atoms with Crippen molar-refractivity contribution in [1.29, 1.82) is 0 Å². The summed E-state index contributed by atoms with van der Waals surface area (Å²) in [5.74, 6) is 1.84. The maximum Gasteiger partial charge on any atom is 0.177 e. The molecule has 0 bridgehead atoms. The fourth-order valence-electron chi connectivity index (χ4n) is 3.30. The van der Waals surface area contributed by atoms with E-state index in [1.807, 2.05) is 0 Å². The fraction of sp³-hybridized carbons (Fsp3) is 0.875. The second-order valence-corrected chi connectivity index (χ2v) is 6.60. The normalized spacial score (nSPS) is 42.1. The van der Waals surface area contributed by atoms with Crippen molar-refractivity contribution >= 4 is 0 Å². The second-order valence-electron chi connectivity index (χ2n) is 6.60. The summed E-state index contributed by atoms with van der Waals surface area (Å²) < 4.78 is 11.7. The van der Waals surface area contributed by atoms with Gasteiger partial charge in [0.25, 0.3) is 0 Å². The highest BCUT2D eigenvalue weighted by Gasteiger charge is 2.34. The van der Waals surface area contributed by atoms with Gasteiger partial charge < -0.3 is 19.7 Å². The molecule has 2 rings (SSSR count). The number of ether oxygens (including phenoxy) is 2. The quantitative estimate of drug-likeness (QED) is 0.776. The SMILES string of the molecule is CC1CCC(C(C)C)C(OC2C=C[C@H](O)[C@@H](CO)O2)C1. The first-order valence-corrected chi connectivity index (χ1v) is 7.79. The zero-order valence-electron chi connectivity index (χ0n) is 12.7. The Morgan fingerprint density at radius 3 is 2.70 bits per heavy atom. The van der Waals surface area contributed by atoms with Gasteiger partial charge in [0, 0.05) is 0 Å². The summed E-state index contributed by atoms with van der Waals surface area (Å²) in [6.45, 7) is 6.56. The Hall–Kier alpha value is -0.420. The van der Waals surface area contributed by atoms with Gasteiger partial charge in [-0.1, -0.05) is 33.3 Å². The molecule has 116 valence electrons. The van der Waals surface area contributed by atoms with Crippen LogP contribution in [-0.2, 0) is 9.47 Å². The van der Waals surface area contributed by atoms with Crippen molar-refractivity contribution in [2.24, 2.45) is 17.8 Å². The smallest absolute Gasteiger partial charge is 0.177 e. The first-order chi connectivity index (χ1) is 9.51. The van der Waals surface area contributed by atoms with E-state index in [0.29, 0.717) is 17.8 Å². The van der Waals surface area contributed by atoms with Gasteiger partial charge in [0.15, 0.2) is 6.29 Å². The van der Waals surface area contributed by atoms with E-state index in [2.05, 4.69) is 20.8 Å². The van der Waals surface area contributed by atoms with Gasteiger partial charge in [0.2, 0.25) is 0 Å². The number of hydrogen-bond donors (Lipinski definition) is 2. The number of aliphatic hydroxyl groups is 2. The average molecular weight is 284 g/mol. The predicted molar refractivity (Wildman–Crippen MR) is 77.1 cm³/mol. The van der Waals surface area contributed by atoms with Gasteiger partial charge in [-0.3, -0.25) is 0 Å². The minimum atomic E-state index is -0.744. The Labute approximate surface area is 121 Å². The lowest BCUT2D eigenvalue weighted by Gasteiger charge is -2.39. The summed E-state index contributed by atoms with van der Waals surface area (Å²) in [7, 11) is 0. The van der Waals surface area contributed by atoms with Crippen LogP contribution in [0.1, 0.15) is 40.0 Å². The molecule has 0 aromatic carbocycles. The maximum atomic E-state index is 9.65. The molecule has 20 heavy (non-hydrogen) atoms. The van der Waals surface area contributed by atoms with Gasteiger partial charge >= 0.3 is 0 Å². The number of aliphatic hydroxyl groups excluding tert-OH is 2. The van der Waals surface area contributed by atoms with Crippen molar-refractivity contribution in [1.82, 2.24) is 0 Å². The molecular weight excluding hydrogens is 256 g/mol. The molecular formula is C16H28O4. The number of rotatable bonds is 4. The molecule has 1 heterocycles. The molecule has 4 unspecified atom stereocenters. The van der Waals surface area contributed by atoms with E-state index in [-0.39, 0.29) is 12.7 Å². The standard InChI is InChI=1S/C16H28O4/c1-10(2)12-5-4-11(3)8-14(12)19-16-7-6-13(18)15(9-17)20-16/h6-7,10-18H,4-5,8-9H2,1-3H3/t11?,12?,13-,14?,15+,16?/m0/s1. The molecule has 1 aliphatic heterocycles. The Balaban J connectivity index is 1.98. The molecule has 2 aliphatic rings. The zero-order valence-corrected chi connectivity index (χ0v) is 12.7. The van der Waals surface area contributed by atoms with Gasteiger partial charge in [-0.15, -0.1) is 0 Å². The number of hydrogen-bond acceptors (Lipinski definition) is 4. The predicted octanol–water partition coefficient (Wildman–Crippen LogP) is 2.10. The van der Waals surface area contributed by atoms with Crippen molar-refractivity contribution in [3.05, 3.63) is 12.2 Å². The summed E-state index contributed by atoms with van der Waals surface area (Å²) in [6.07, 6.45) is 5.36. The van der Waals surface area contributed by atoms with Crippen LogP contribution in [-0.4, -0.2) is 41.4 Å². The van der Waals surface area contributed by atoms with Crippen LogP contribution in [0.3, 0.4) is 0 Å². The molecule has 4 heteroatoms. The van der Waals surface area contributed by atoms with Gasteiger partial charge in [0.1, 0.15) is 12.2 Å². The molecule has 2 N–H and O–H groups in total. The second kappa shape index (κ2) is 7.03. The van der Waals surface area contributed by atoms with Crippen LogP contribution in [0.25, 0.3) is 0 Å². The molecule has 6 atom stereocenters. The van der Waals surface area contributed by atoms with Crippen LogP contribution in [0.4, 0.5) is 0 Å². The third-order valence-electron chi connectivity index (χ3n) is 4.61. The first-order valence-electron chi connectivity index (χ1n) is 7.79. The Bertz CT molecular complexity index is 328. The Kier molecular flexibility index (Phi) is 5.61. The molecule has 1 aliphatic carbocycles. The lowest BCUT2D eigenvalue weighted by Crippen LogP contribution is -2.43. The molecule has 0 saturated heterocycles. The van der Waals surface area contributed by atoms with Crippen molar-refractivity contribution in [3.63, 3.8) is 0 Å². The summed E-state index contributed by atoms with van der Waals surface area (Å²) in [5, 5.41) is 18.8. The van der Waals surface area contributed by atoms with E-state index in [1.165, 1.54) is 12.8 Å². The summed E-state index contributed by atoms with van der Waals surface area (Å²) in [4.78, 5) is 0. The summed E-state index contributed by atoms with van der Waals surface area (Å²) in [6, 6.07) is 0. The van der Waals surface area contributed by atoms with Crippen molar-refractivity contribution in [2.75, 3.05) is 6.61 Å². The van der Waals surface area contributed by atoms with E-state index >= 15 is 0 Å². The highest BCUT2D eigenvalue weighted by atomic mass is 16.7. The van der Waals surface area contributed by atoms with E-state index < -0.39 is 18.5 Å². The minimum absolute atomic E-state index is 0.194. The summed E-state index contributed by atoms with van der Waals surface area (Å²) in [5.41, 5.74) is 0. The molecule has 0 spiro atoms. The van der Waals surface area contributed by atoms with E-state index in [0.717, 1.165) is 6.42 Å². The van der Waals surface area contributed by atoms with Gasteiger partial charge in [-0.05, 0) is 36.7 Å². The molecule has 1 saturated carbocycles. The highest BCUT2D eigenvalue weighted by Crippen LogP contribution is 2.36. The van der Waals surface area contributed by atoms with E-state index in [4.69, 9.17) is 9.47 Å². The Morgan fingerprint density at radius 1 is 1.30 bits per heavy atom. The molecule has 4 nitrogen and oxygen atoms in total. The molecule has 0 radical (unpaired) electrons. The monoisotopic (exact) mass is 284 g/mol. The van der Waals surface area contributed by atoms with Crippen molar-refractivity contribution in [2.45, 2.75) is 64.6 Å². The topological polar surface area (TPSA) is 58.9 Å². The first kappa shape index (κ1) is 16.0. The van der Waals surface area contributed by atoms with Crippen molar-refractivity contribution in [3.8, 4) is 0 Å². The zero-order chi connectivity index (χ0) is 14.7. The van der Waals surface area contributed by atoms with Crippen LogP contribution in [0.2, 0.25) is 0 Å². The van der Waals surface area contributed by atoms with Crippen molar-refractivity contribution < 1.29 is 19.7 Å². The Morgan fingerprint density at radius 2 is 2.05 bits per heavy atom. The van der Waals surface area contributed by atoms with Crippen LogP contribution in [0, 0.1) is 17.8 Å². The third-order valence-corrected chi connectivity index (χ3v) is 4.61. The average Bonchev–Trinajstić information content (AvgIpc) is 2.40. The lowest BCUT2D eigenvalue weighted by molar-refractivity contribution is -0.215. The van der Waals surface area contributed by atoms with Crippen LogP contribution >= 0.6 is 0 Å². The van der Waals surface area contributed by atoms with E-state index in [9.17, 15) is 10.2 Å². The minimum Gasteiger partial charge on any atom is -0.394 e. The van der Waals surface area contributed by atoms with Gasteiger partial charge in [-0.2, -0.15) is 0 Å².